The van der Waals surface area contributed by atoms with E-state index in [-0.39, 0.29) is 5.91 Å². The summed E-state index contributed by atoms with van der Waals surface area (Å²) >= 11 is 1.53. The van der Waals surface area contributed by atoms with Crippen LogP contribution in [0.5, 0.6) is 0 Å². The minimum absolute atomic E-state index is 0.123. The minimum Gasteiger partial charge on any atom is -0.449 e. The van der Waals surface area contributed by atoms with Gasteiger partial charge in [0, 0.05) is 29.3 Å². The average Bonchev–Trinajstić information content (AvgIpc) is 3.30. The molecule has 0 unspecified atom stereocenters. The van der Waals surface area contributed by atoms with Crippen molar-refractivity contribution in [1.29, 1.82) is 0 Å². The van der Waals surface area contributed by atoms with Gasteiger partial charge in [-0.2, -0.15) is 0 Å². The lowest BCUT2D eigenvalue weighted by atomic mass is 10.2. The van der Waals surface area contributed by atoms with Gasteiger partial charge in [-0.15, -0.1) is 11.8 Å². The molecular formula is C20H24N2O4S. The summed E-state index contributed by atoms with van der Waals surface area (Å²) in [5.41, 5.74) is 2.35. The van der Waals surface area contributed by atoms with Gasteiger partial charge in [0.25, 0.3) is 5.91 Å². The number of carbonyl (C=O) groups is 2. The lowest BCUT2D eigenvalue weighted by Crippen LogP contribution is -2.38. The van der Waals surface area contributed by atoms with Crippen LogP contribution in [-0.4, -0.2) is 41.1 Å². The number of likely N-dealkylation sites (tertiary alicyclic amines) is 1. The second kappa shape index (κ2) is 8.61. The fourth-order valence-corrected chi connectivity index (χ4v) is 4.28. The second-order valence-corrected chi connectivity index (χ2v) is 7.68. The van der Waals surface area contributed by atoms with Crippen LogP contribution in [0.1, 0.15) is 47.1 Å². The molecule has 1 saturated heterocycles. The highest BCUT2D eigenvalue weighted by molar-refractivity contribution is 7.98. The summed E-state index contributed by atoms with van der Waals surface area (Å²) in [5.74, 6) is 0.830. The van der Waals surface area contributed by atoms with Crippen LogP contribution in [0, 0.1) is 13.8 Å². The number of nitrogens with zero attached hydrogens (tertiary/aromatic N) is 2. The Morgan fingerprint density at radius 2 is 1.96 bits per heavy atom. The van der Waals surface area contributed by atoms with E-state index in [0.29, 0.717) is 11.3 Å². The highest BCUT2D eigenvalue weighted by Gasteiger charge is 2.27. The molecule has 1 atom stereocenters. The number of aromatic nitrogens is 1. The van der Waals surface area contributed by atoms with Crippen LogP contribution in [-0.2, 0) is 15.3 Å². The zero-order chi connectivity index (χ0) is 19.4. The Morgan fingerprint density at radius 3 is 2.63 bits per heavy atom. The number of esters is 1. The van der Waals surface area contributed by atoms with Gasteiger partial charge in [-0.3, -0.25) is 4.79 Å². The minimum atomic E-state index is -0.781. The summed E-state index contributed by atoms with van der Waals surface area (Å²) in [5, 5.41) is 3.96. The first-order chi connectivity index (χ1) is 13.0. The van der Waals surface area contributed by atoms with E-state index in [9.17, 15) is 9.59 Å². The first-order valence-electron chi connectivity index (χ1n) is 9.10. The molecule has 0 saturated carbocycles. The highest BCUT2D eigenvalue weighted by Crippen LogP contribution is 2.29. The lowest BCUT2D eigenvalue weighted by molar-refractivity contribution is -0.138. The van der Waals surface area contributed by atoms with Crippen molar-refractivity contribution in [2.75, 3.05) is 13.1 Å². The topological polar surface area (TPSA) is 72.6 Å². The molecule has 0 N–H and O–H groups in total. The zero-order valence-electron chi connectivity index (χ0n) is 15.9. The maximum atomic E-state index is 12.7. The SMILES string of the molecule is Cc1noc(C)c1CSc1ccccc1C(=O)O[C@@H](C)C(=O)N1CCCC1. The van der Waals surface area contributed by atoms with Crippen molar-refractivity contribution >= 4 is 23.6 Å². The quantitative estimate of drug-likeness (QED) is 0.554. The monoisotopic (exact) mass is 388 g/mol. The van der Waals surface area contributed by atoms with Gasteiger partial charge in [-0.05, 0) is 45.7 Å². The Hall–Kier alpha value is -2.28. The first kappa shape index (κ1) is 19.5. The van der Waals surface area contributed by atoms with Gasteiger partial charge in [0.2, 0.25) is 0 Å². The van der Waals surface area contributed by atoms with E-state index in [1.54, 1.807) is 24.0 Å². The first-order valence-corrected chi connectivity index (χ1v) is 10.1. The molecular weight excluding hydrogens is 364 g/mol. The van der Waals surface area contributed by atoms with Gasteiger partial charge in [0.15, 0.2) is 6.10 Å². The predicted octanol–water partition coefficient (Wildman–Crippen LogP) is 3.75. The molecule has 1 fully saturated rings. The Kier molecular flexibility index (Phi) is 6.21. The molecule has 144 valence electrons. The number of rotatable bonds is 6. The fraction of sp³-hybridized carbons (Fsp3) is 0.450. The summed E-state index contributed by atoms with van der Waals surface area (Å²) in [6, 6.07) is 7.28. The number of benzene rings is 1. The van der Waals surface area contributed by atoms with Crippen molar-refractivity contribution in [2.24, 2.45) is 0 Å². The molecule has 0 radical (unpaired) electrons. The Balaban J connectivity index is 1.67. The van der Waals surface area contributed by atoms with Gasteiger partial charge in [0.1, 0.15) is 5.76 Å². The molecule has 1 aliphatic rings. The van der Waals surface area contributed by atoms with Crippen LogP contribution >= 0.6 is 11.8 Å². The van der Waals surface area contributed by atoms with Gasteiger partial charge >= 0.3 is 5.97 Å². The van der Waals surface area contributed by atoms with E-state index in [1.807, 2.05) is 26.0 Å². The van der Waals surface area contributed by atoms with E-state index >= 15 is 0 Å². The summed E-state index contributed by atoms with van der Waals surface area (Å²) in [6.45, 7) is 6.90. The largest absolute Gasteiger partial charge is 0.449 e. The molecule has 0 bridgehead atoms. The van der Waals surface area contributed by atoms with Gasteiger partial charge < -0.3 is 14.2 Å². The Labute approximate surface area is 163 Å². The van der Waals surface area contributed by atoms with Crippen LogP contribution in [0.15, 0.2) is 33.7 Å². The van der Waals surface area contributed by atoms with Crippen LogP contribution in [0.4, 0.5) is 0 Å². The molecule has 1 aliphatic heterocycles. The maximum Gasteiger partial charge on any atom is 0.340 e. The Morgan fingerprint density at radius 1 is 1.26 bits per heavy atom. The van der Waals surface area contributed by atoms with Gasteiger partial charge in [0.05, 0.1) is 11.3 Å². The molecule has 2 aromatic rings. The fourth-order valence-electron chi connectivity index (χ4n) is 3.09. The molecule has 0 spiro atoms. The summed E-state index contributed by atoms with van der Waals surface area (Å²) < 4.78 is 10.7. The van der Waals surface area contributed by atoms with Crippen molar-refractivity contribution in [1.82, 2.24) is 10.1 Å². The summed E-state index contributed by atoms with van der Waals surface area (Å²) in [4.78, 5) is 27.6. The normalized spacial score (nSPS) is 15.0. The average molecular weight is 388 g/mol. The number of amides is 1. The lowest BCUT2D eigenvalue weighted by Gasteiger charge is -2.20. The third-order valence-electron chi connectivity index (χ3n) is 4.71. The van der Waals surface area contributed by atoms with Crippen LogP contribution in [0.25, 0.3) is 0 Å². The van der Waals surface area contributed by atoms with Crippen molar-refractivity contribution < 1.29 is 18.8 Å². The molecule has 27 heavy (non-hydrogen) atoms. The zero-order valence-corrected chi connectivity index (χ0v) is 16.7. The van der Waals surface area contributed by atoms with Gasteiger partial charge in [-0.1, -0.05) is 17.3 Å². The number of aryl methyl sites for hydroxylation is 2. The molecule has 2 heterocycles. The molecule has 6 nitrogen and oxygen atoms in total. The number of hydrogen-bond donors (Lipinski definition) is 0. The molecule has 0 aliphatic carbocycles. The van der Waals surface area contributed by atoms with Crippen LogP contribution in [0.2, 0.25) is 0 Å². The van der Waals surface area contributed by atoms with Gasteiger partial charge in [-0.25, -0.2) is 4.79 Å². The maximum absolute atomic E-state index is 12.7. The van der Waals surface area contributed by atoms with Crippen LogP contribution < -0.4 is 0 Å². The van der Waals surface area contributed by atoms with E-state index < -0.39 is 12.1 Å². The molecule has 1 amide bonds. The van der Waals surface area contributed by atoms with Crippen molar-refractivity contribution in [2.45, 2.75) is 50.4 Å². The molecule has 7 heteroatoms. The van der Waals surface area contributed by atoms with E-state index in [4.69, 9.17) is 9.26 Å². The molecule has 1 aromatic carbocycles. The number of hydrogen-bond acceptors (Lipinski definition) is 6. The highest BCUT2D eigenvalue weighted by atomic mass is 32.2. The summed E-state index contributed by atoms with van der Waals surface area (Å²) in [7, 11) is 0. The number of carbonyl (C=O) groups excluding carboxylic acids is 2. The number of ether oxygens (including phenoxy) is 1. The van der Waals surface area contributed by atoms with Crippen molar-refractivity contribution in [3.05, 3.63) is 46.8 Å². The third-order valence-corrected chi connectivity index (χ3v) is 5.81. The Bertz CT molecular complexity index is 808. The number of thioether (sulfide) groups is 1. The second-order valence-electron chi connectivity index (χ2n) is 6.67. The van der Waals surface area contributed by atoms with E-state index in [2.05, 4.69) is 5.16 Å². The molecule has 3 rings (SSSR count). The smallest absolute Gasteiger partial charge is 0.340 e. The predicted molar refractivity (Wildman–Crippen MR) is 103 cm³/mol. The summed E-state index contributed by atoms with van der Waals surface area (Å²) in [6.07, 6.45) is 1.23. The molecule has 1 aromatic heterocycles. The van der Waals surface area contributed by atoms with E-state index in [0.717, 1.165) is 47.8 Å². The third kappa shape index (κ3) is 4.53. The standard InChI is InChI=1S/C20H24N2O4S/c1-13-17(14(2)26-21-13)12-27-18-9-5-4-8-16(18)20(24)25-15(3)19(23)22-10-6-7-11-22/h4-5,8-9,15H,6-7,10-12H2,1-3H3/t15-/m0/s1. The van der Waals surface area contributed by atoms with Crippen molar-refractivity contribution in [3.8, 4) is 0 Å². The van der Waals surface area contributed by atoms with Crippen molar-refractivity contribution in [3.63, 3.8) is 0 Å². The van der Waals surface area contributed by atoms with E-state index in [1.165, 1.54) is 11.8 Å². The van der Waals surface area contributed by atoms with Crippen LogP contribution in [0.3, 0.4) is 0 Å².